The van der Waals surface area contributed by atoms with Crippen molar-refractivity contribution < 1.29 is 14.6 Å². The number of halogens is 1. The van der Waals surface area contributed by atoms with Crippen molar-refractivity contribution in [3.63, 3.8) is 0 Å². The summed E-state index contributed by atoms with van der Waals surface area (Å²) in [6.45, 7) is 1.35. The fraction of sp³-hybridized carbons (Fsp3) is 0.462. The van der Waals surface area contributed by atoms with E-state index in [4.69, 9.17) is 4.74 Å². The average molecular weight is 314 g/mol. The molecule has 1 aromatic rings. The van der Waals surface area contributed by atoms with E-state index >= 15 is 0 Å². The predicted molar refractivity (Wildman–Crippen MR) is 71.5 cm³/mol. The van der Waals surface area contributed by atoms with Crippen LogP contribution >= 0.6 is 15.9 Å². The van der Waals surface area contributed by atoms with Crippen LogP contribution in [0.2, 0.25) is 0 Å². The van der Waals surface area contributed by atoms with E-state index in [2.05, 4.69) is 21.2 Å². The minimum Gasteiger partial charge on any atom is -0.480 e. The number of aliphatic carboxylic acids is 1. The van der Waals surface area contributed by atoms with Crippen LogP contribution in [0.1, 0.15) is 24.4 Å². The Balaban J connectivity index is 2.01. The monoisotopic (exact) mass is 313 g/mol. The van der Waals surface area contributed by atoms with Gasteiger partial charge in [-0.3, -0.25) is 10.1 Å². The van der Waals surface area contributed by atoms with Gasteiger partial charge >= 0.3 is 5.97 Å². The Morgan fingerprint density at radius 3 is 3.06 bits per heavy atom. The molecule has 4 nitrogen and oxygen atoms in total. The molecule has 0 bridgehead atoms. The Hall–Kier alpha value is -0.910. The zero-order valence-corrected chi connectivity index (χ0v) is 11.5. The molecular weight excluding hydrogens is 298 g/mol. The molecule has 1 fully saturated rings. The zero-order chi connectivity index (χ0) is 13.0. The molecule has 0 radical (unpaired) electrons. The van der Waals surface area contributed by atoms with E-state index in [0.717, 1.165) is 29.5 Å². The van der Waals surface area contributed by atoms with E-state index in [-0.39, 0.29) is 6.10 Å². The largest absolute Gasteiger partial charge is 0.480 e. The highest BCUT2D eigenvalue weighted by atomic mass is 79.9. The first-order valence-corrected chi connectivity index (χ1v) is 6.79. The summed E-state index contributed by atoms with van der Waals surface area (Å²) >= 11 is 3.35. The number of benzene rings is 1. The van der Waals surface area contributed by atoms with E-state index in [9.17, 15) is 9.90 Å². The third-order valence-electron chi connectivity index (χ3n) is 3.00. The number of hydrogen-bond acceptors (Lipinski definition) is 3. The topological polar surface area (TPSA) is 58.6 Å². The van der Waals surface area contributed by atoms with E-state index < -0.39 is 12.0 Å². The SMILES string of the molecule is O=C(O)C(NCC1CCCO1)c1cccc(Br)c1. The molecule has 0 spiro atoms. The van der Waals surface area contributed by atoms with Crippen LogP contribution in [0.4, 0.5) is 0 Å². The van der Waals surface area contributed by atoms with Crippen LogP contribution in [-0.4, -0.2) is 30.3 Å². The minimum absolute atomic E-state index is 0.138. The maximum atomic E-state index is 11.3. The van der Waals surface area contributed by atoms with Crippen molar-refractivity contribution in [2.24, 2.45) is 0 Å². The van der Waals surface area contributed by atoms with E-state index in [1.165, 1.54) is 0 Å². The number of carbonyl (C=O) groups is 1. The van der Waals surface area contributed by atoms with Gasteiger partial charge in [-0.1, -0.05) is 28.1 Å². The Morgan fingerprint density at radius 1 is 1.61 bits per heavy atom. The normalized spacial score (nSPS) is 20.8. The molecule has 18 heavy (non-hydrogen) atoms. The van der Waals surface area contributed by atoms with Gasteiger partial charge < -0.3 is 9.84 Å². The molecule has 0 aromatic heterocycles. The van der Waals surface area contributed by atoms with Crippen LogP contribution in [-0.2, 0) is 9.53 Å². The Bertz CT molecular complexity index is 418. The maximum Gasteiger partial charge on any atom is 0.325 e. The number of carboxylic acids is 1. The standard InChI is InChI=1S/C13H16BrNO3/c14-10-4-1-3-9(7-10)12(13(16)17)15-8-11-5-2-6-18-11/h1,3-4,7,11-12,15H,2,5-6,8H2,(H,16,17). The molecular formula is C13H16BrNO3. The van der Waals surface area contributed by atoms with Gasteiger partial charge in [0.15, 0.2) is 0 Å². The number of hydrogen-bond donors (Lipinski definition) is 2. The predicted octanol–water partition coefficient (Wildman–Crippen LogP) is 2.34. The molecule has 1 saturated heterocycles. The summed E-state index contributed by atoms with van der Waals surface area (Å²) in [6, 6.07) is 6.66. The molecule has 1 aromatic carbocycles. The summed E-state index contributed by atoms with van der Waals surface area (Å²) in [5, 5.41) is 12.3. The molecule has 1 heterocycles. The Morgan fingerprint density at radius 2 is 2.44 bits per heavy atom. The smallest absolute Gasteiger partial charge is 0.325 e. The van der Waals surface area contributed by atoms with Crippen molar-refractivity contribution in [2.45, 2.75) is 25.0 Å². The van der Waals surface area contributed by atoms with Crippen LogP contribution in [0, 0.1) is 0 Å². The molecule has 98 valence electrons. The third-order valence-corrected chi connectivity index (χ3v) is 3.50. The van der Waals surface area contributed by atoms with Crippen molar-refractivity contribution in [2.75, 3.05) is 13.2 Å². The molecule has 2 rings (SSSR count). The van der Waals surface area contributed by atoms with E-state index in [1.807, 2.05) is 24.3 Å². The van der Waals surface area contributed by atoms with Crippen LogP contribution < -0.4 is 5.32 Å². The van der Waals surface area contributed by atoms with Gasteiger partial charge in [-0.25, -0.2) is 0 Å². The summed E-state index contributed by atoms with van der Waals surface area (Å²) in [4.78, 5) is 11.3. The lowest BCUT2D eigenvalue weighted by Crippen LogP contribution is -2.34. The molecule has 5 heteroatoms. The quantitative estimate of drug-likeness (QED) is 0.876. The van der Waals surface area contributed by atoms with Gasteiger partial charge in [0.2, 0.25) is 0 Å². The van der Waals surface area contributed by atoms with Crippen LogP contribution in [0.3, 0.4) is 0 Å². The number of ether oxygens (including phenoxy) is 1. The van der Waals surface area contributed by atoms with Gasteiger partial charge in [0.25, 0.3) is 0 Å². The number of carboxylic acid groups (broad SMARTS) is 1. The number of rotatable bonds is 5. The fourth-order valence-electron chi connectivity index (χ4n) is 2.09. The first-order chi connectivity index (χ1) is 8.66. The summed E-state index contributed by atoms with van der Waals surface area (Å²) in [5.74, 6) is -0.869. The van der Waals surface area contributed by atoms with Crippen molar-refractivity contribution in [3.05, 3.63) is 34.3 Å². The van der Waals surface area contributed by atoms with Gasteiger partial charge in [0.1, 0.15) is 6.04 Å². The van der Waals surface area contributed by atoms with Gasteiger partial charge in [-0.2, -0.15) is 0 Å². The first kappa shape index (κ1) is 13.5. The molecule has 0 amide bonds. The minimum atomic E-state index is -0.869. The van der Waals surface area contributed by atoms with Crippen LogP contribution in [0.15, 0.2) is 28.7 Å². The first-order valence-electron chi connectivity index (χ1n) is 6.00. The summed E-state index contributed by atoms with van der Waals surface area (Å²) < 4.78 is 6.36. The van der Waals surface area contributed by atoms with Crippen molar-refractivity contribution in [1.82, 2.24) is 5.32 Å². The summed E-state index contributed by atoms with van der Waals surface area (Å²) in [7, 11) is 0. The second-order valence-corrected chi connectivity index (χ2v) is 5.29. The van der Waals surface area contributed by atoms with E-state index in [0.29, 0.717) is 6.54 Å². The van der Waals surface area contributed by atoms with Gasteiger partial charge in [0, 0.05) is 17.6 Å². The van der Waals surface area contributed by atoms with Gasteiger partial charge in [-0.15, -0.1) is 0 Å². The van der Waals surface area contributed by atoms with Gasteiger partial charge in [-0.05, 0) is 30.5 Å². The van der Waals surface area contributed by atoms with Crippen LogP contribution in [0.5, 0.6) is 0 Å². The Labute approximate surface area is 114 Å². The Kier molecular flexibility index (Phi) is 4.74. The maximum absolute atomic E-state index is 11.3. The van der Waals surface area contributed by atoms with Crippen molar-refractivity contribution >= 4 is 21.9 Å². The highest BCUT2D eigenvalue weighted by Gasteiger charge is 2.22. The van der Waals surface area contributed by atoms with Gasteiger partial charge in [0.05, 0.1) is 6.10 Å². The second kappa shape index (κ2) is 6.31. The van der Waals surface area contributed by atoms with Crippen LogP contribution in [0.25, 0.3) is 0 Å². The summed E-state index contributed by atoms with van der Waals surface area (Å²) in [6.07, 6.45) is 2.19. The molecule has 0 aliphatic carbocycles. The highest BCUT2D eigenvalue weighted by molar-refractivity contribution is 9.10. The lowest BCUT2D eigenvalue weighted by molar-refractivity contribution is -0.139. The molecule has 2 unspecified atom stereocenters. The third kappa shape index (κ3) is 3.54. The molecule has 1 aliphatic rings. The zero-order valence-electron chi connectivity index (χ0n) is 9.93. The molecule has 1 aliphatic heterocycles. The molecule has 2 atom stereocenters. The average Bonchev–Trinajstić information content (AvgIpc) is 2.82. The lowest BCUT2D eigenvalue weighted by atomic mass is 10.1. The fourth-order valence-corrected chi connectivity index (χ4v) is 2.51. The van der Waals surface area contributed by atoms with Crippen molar-refractivity contribution in [1.29, 1.82) is 0 Å². The van der Waals surface area contributed by atoms with E-state index in [1.54, 1.807) is 0 Å². The highest BCUT2D eigenvalue weighted by Crippen LogP contribution is 2.19. The lowest BCUT2D eigenvalue weighted by Gasteiger charge is -2.17. The summed E-state index contributed by atoms with van der Waals surface area (Å²) in [5.41, 5.74) is 0.745. The van der Waals surface area contributed by atoms with Crippen molar-refractivity contribution in [3.8, 4) is 0 Å². The number of nitrogens with one attached hydrogen (secondary N) is 1. The molecule has 0 saturated carbocycles. The molecule has 2 N–H and O–H groups in total. The second-order valence-electron chi connectivity index (χ2n) is 4.37.